The first-order chi connectivity index (χ1) is 11.0. The summed E-state index contributed by atoms with van der Waals surface area (Å²) in [6.07, 6.45) is 1.47. The number of carboxylic acid groups (broad SMARTS) is 1. The lowest BCUT2D eigenvalue weighted by Crippen LogP contribution is -2.00. The first-order valence-corrected chi connectivity index (χ1v) is 7.00. The fraction of sp³-hybridized carbons (Fsp3) is 0.118. The maximum absolute atomic E-state index is 11.6. The molecule has 0 spiro atoms. The summed E-state index contributed by atoms with van der Waals surface area (Å²) in [6, 6.07) is 9.53. The van der Waals surface area contributed by atoms with Crippen molar-refractivity contribution in [3.63, 3.8) is 0 Å². The van der Waals surface area contributed by atoms with E-state index >= 15 is 0 Å². The van der Waals surface area contributed by atoms with Gasteiger partial charge < -0.3 is 19.7 Å². The Balaban J connectivity index is 2.56. The molecular weight excluding hydrogens is 320 g/mol. The van der Waals surface area contributed by atoms with Crippen molar-refractivity contribution in [1.82, 2.24) is 0 Å². The van der Waals surface area contributed by atoms with E-state index in [1.54, 1.807) is 24.3 Å². The van der Waals surface area contributed by atoms with E-state index in [1.165, 1.54) is 32.4 Å². The molecule has 0 atom stereocenters. The second-order valence-corrected chi connectivity index (χ2v) is 5.08. The lowest BCUT2D eigenvalue weighted by molar-refractivity contribution is -0.130. The number of aromatic hydroxyl groups is 1. The van der Waals surface area contributed by atoms with Crippen LogP contribution in [0.1, 0.15) is 11.1 Å². The molecule has 0 bridgehead atoms. The van der Waals surface area contributed by atoms with E-state index < -0.39 is 5.97 Å². The molecule has 23 heavy (non-hydrogen) atoms. The lowest BCUT2D eigenvalue weighted by Gasteiger charge is -2.10. The quantitative estimate of drug-likeness (QED) is 0.644. The summed E-state index contributed by atoms with van der Waals surface area (Å²) in [5.74, 6) is -0.846. The van der Waals surface area contributed by atoms with Crippen LogP contribution in [-0.2, 0) is 4.79 Å². The van der Waals surface area contributed by atoms with Crippen LogP contribution in [0, 0.1) is 0 Å². The molecule has 6 heteroatoms. The minimum Gasteiger partial charge on any atom is -0.502 e. The Morgan fingerprint density at radius 1 is 1.09 bits per heavy atom. The number of hydrogen-bond acceptors (Lipinski definition) is 4. The molecule has 0 heterocycles. The van der Waals surface area contributed by atoms with Crippen molar-refractivity contribution >= 4 is 29.2 Å². The van der Waals surface area contributed by atoms with Gasteiger partial charge in [-0.05, 0) is 41.5 Å². The highest BCUT2D eigenvalue weighted by Gasteiger charge is 2.14. The Morgan fingerprint density at radius 3 is 2.04 bits per heavy atom. The van der Waals surface area contributed by atoms with Gasteiger partial charge in [0.05, 0.1) is 19.8 Å². The number of ether oxygens (including phenoxy) is 2. The summed E-state index contributed by atoms with van der Waals surface area (Å²) in [6.45, 7) is 0. The highest BCUT2D eigenvalue weighted by atomic mass is 35.5. The van der Waals surface area contributed by atoms with Crippen molar-refractivity contribution in [3.05, 3.63) is 52.5 Å². The van der Waals surface area contributed by atoms with Gasteiger partial charge in [0.15, 0.2) is 11.5 Å². The zero-order valence-corrected chi connectivity index (χ0v) is 13.3. The van der Waals surface area contributed by atoms with Crippen LogP contribution in [0.25, 0.3) is 11.6 Å². The van der Waals surface area contributed by atoms with Crippen LogP contribution in [0.3, 0.4) is 0 Å². The lowest BCUT2D eigenvalue weighted by atomic mass is 10.0. The number of carbonyl (C=O) groups is 1. The minimum absolute atomic E-state index is 0.0801. The van der Waals surface area contributed by atoms with Gasteiger partial charge >= 0.3 is 5.97 Å². The molecule has 0 unspecified atom stereocenters. The van der Waals surface area contributed by atoms with Gasteiger partial charge in [-0.3, -0.25) is 0 Å². The Hall–Kier alpha value is -2.66. The van der Waals surface area contributed by atoms with E-state index in [2.05, 4.69) is 0 Å². The third-order valence-electron chi connectivity index (χ3n) is 3.20. The van der Waals surface area contributed by atoms with E-state index in [9.17, 15) is 15.0 Å². The molecule has 0 aromatic heterocycles. The van der Waals surface area contributed by atoms with Crippen LogP contribution in [0.15, 0.2) is 36.4 Å². The molecule has 2 aromatic carbocycles. The number of benzene rings is 2. The predicted octanol–water partition coefficient (Wildman–Crippen LogP) is 3.69. The second kappa shape index (κ2) is 7.07. The summed E-state index contributed by atoms with van der Waals surface area (Å²) < 4.78 is 10.1. The monoisotopic (exact) mass is 334 g/mol. The summed E-state index contributed by atoms with van der Waals surface area (Å²) in [5.41, 5.74) is 1.10. The Bertz CT molecular complexity index is 725. The first-order valence-electron chi connectivity index (χ1n) is 6.62. The molecule has 2 aromatic rings. The molecule has 0 amide bonds. The van der Waals surface area contributed by atoms with Gasteiger partial charge in [0.25, 0.3) is 0 Å². The highest BCUT2D eigenvalue weighted by molar-refractivity contribution is 6.30. The fourth-order valence-electron chi connectivity index (χ4n) is 2.06. The van der Waals surface area contributed by atoms with E-state index in [0.29, 0.717) is 16.1 Å². The van der Waals surface area contributed by atoms with Gasteiger partial charge in [0, 0.05) is 5.02 Å². The molecule has 0 aliphatic rings. The number of aliphatic carboxylic acids is 1. The molecule has 120 valence electrons. The molecule has 0 fully saturated rings. The maximum atomic E-state index is 11.6. The van der Waals surface area contributed by atoms with Crippen LogP contribution < -0.4 is 9.47 Å². The Morgan fingerprint density at radius 2 is 1.61 bits per heavy atom. The number of methoxy groups -OCH3 is 2. The van der Waals surface area contributed by atoms with Gasteiger partial charge in [-0.1, -0.05) is 23.7 Å². The number of rotatable bonds is 5. The van der Waals surface area contributed by atoms with Gasteiger partial charge in [0.2, 0.25) is 5.75 Å². The number of phenols is 1. The SMILES string of the molecule is COc1cc(/C=C(\C(=O)O)c2ccc(Cl)cc2)cc(OC)c1O. The number of phenolic OH excluding ortho intramolecular Hbond substituents is 1. The van der Waals surface area contributed by atoms with Crippen molar-refractivity contribution in [1.29, 1.82) is 0 Å². The predicted molar refractivity (Wildman–Crippen MR) is 88.2 cm³/mol. The molecule has 2 rings (SSSR count). The molecule has 0 saturated heterocycles. The van der Waals surface area contributed by atoms with Gasteiger partial charge in [-0.25, -0.2) is 4.79 Å². The number of halogens is 1. The van der Waals surface area contributed by atoms with E-state index in [0.717, 1.165) is 0 Å². The van der Waals surface area contributed by atoms with E-state index in [4.69, 9.17) is 21.1 Å². The Labute approximate surface area is 138 Å². The normalized spacial score (nSPS) is 11.2. The van der Waals surface area contributed by atoms with Crippen LogP contribution in [0.4, 0.5) is 0 Å². The maximum Gasteiger partial charge on any atom is 0.336 e. The van der Waals surface area contributed by atoms with Gasteiger partial charge in [-0.2, -0.15) is 0 Å². The van der Waals surface area contributed by atoms with Crippen molar-refractivity contribution in [2.75, 3.05) is 14.2 Å². The Kier molecular flexibility index (Phi) is 5.13. The molecule has 5 nitrogen and oxygen atoms in total. The largest absolute Gasteiger partial charge is 0.502 e. The number of carboxylic acids is 1. The van der Waals surface area contributed by atoms with Crippen molar-refractivity contribution in [3.8, 4) is 17.2 Å². The number of hydrogen-bond donors (Lipinski definition) is 2. The van der Waals surface area contributed by atoms with Crippen LogP contribution in [0.5, 0.6) is 17.2 Å². The minimum atomic E-state index is -1.08. The molecular formula is C17H15ClO5. The summed E-state index contributed by atoms with van der Waals surface area (Å²) in [5, 5.41) is 19.9. The zero-order valence-electron chi connectivity index (χ0n) is 12.5. The zero-order chi connectivity index (χ0) is 17.0. The van der Waals surface area contributed by atoms with Crippen LogP contribution in [0.2, 0.25) is 5.02 Å². The fourth-order valence-corrected chi connectivity index (χ4v) is 2.19. The molecule has 0 saturated carbocycles. The van der Waals surface area contributed by atoms with E-state index in [1.807, 2.05) is 0 Å². The third kappa shape index (κ3) is 3.76. The van der Waals surface area contributed by atoms with Crippen LogP contribution >= 0.6 is 11.6 Å². The molecule has 0 radical (unpaired) electrons. The average Bonchev–Trinajstić information content (AvgIpc) is 2.54. The summed E-state index contributed by atoms with van der Waals surface area (Å²) in [4.78, 5) is 11.6. The summed E-state index contributed by atoms with van der Waals surface area (Å²) >= 11 is 5.82. The first kappa shape index (κ1) is 16.7. The van der Waals surface area contributed by atoms with E-state index in [-0.39, 0.29) is 22.8 Å². The average molecular weight is 335 g/mol. The topological polar surface area (TPSA) is 76.0 Å². The summed E-state index contributed by atoms with van der Waals surface area (Å²) in [7, 11) is 2.80. The molecule has 0 aliphatic carbocycles. The van der Waals surface area contributed by atoms with Crippen LogP contribution in [-0.4, -0.2) is 30.4 Å². The van der Waals surface area contributed by atoms with Gasteiger partial charge in [-0.15, -0.1) is 0 Å². The highest BCUT2D eigenvalue weighted by Crippen LogP contribution is 2.38. The molecule has 0 aliphatic heterocycles. The van der Waals surface area contributed by atoms with Crippen molar-refractivity contribution in [2.24, 2.45) is 0 Å². The van der Waals surface area contributed by atoms with Crippen molar-refractivity contribution in [2.45, 2.75) is 0 Å². The molecule has 2 N–H and O–H groups in total. The smallest absolute Gasteiger partial charge is 0.336 e. The van der Waals surface area contributed by atoms with Gasteiger partial charge in [0.1, 0.15) is 0 Å². The second-order valence-electron chi connectivity index (χ2n) is 4.64. The van der Waals surface area contributed by atoms with Crippen molar-refractivity contribution < 1.29 is 24.5 Å². The standard InChI is InChI=1S/C17H15ClO5/c1-22-14-8-10(9-15(23-2)16(14)19)7-13(17(20)21)11-3-5-12(18)6-4-11/h3-9,19H,1-2H3,(H,20,21)/b13-7-. The third-order valence-corrected chi connectivity index (χ3v) is 3.45.